The topological polar surface area (TPSA) is 51.3 Å². The lowest BCUT2D eigenvalue weighted by Gasteiger charge is -2.24. The van der Waals surface area contributed by atoms with Gasteiger partial charge in [-0.25, -0.2) is 0 Å². The van der Waals surface area contributed by atoms with Crippen LogP contribution in [0.3, 0.4) is 0 Å². The van der Waals surface area contributed by atoms with E-state index < -0.39 is 5.41 Å². The van der Waals surface area contributed by atoms with Gasteiger partial charge in [0.15, 0.2) is 0 Å². The van der Waals surface area contributed by atoms with Gasteiger partial charge in [0.1, 0.15) is 17.8 Å². The normalized spacial score (nSPS) is 13.4. The molecule has 0 amide bonds. The van der Waals surface area contributed by atoms with Crippen molar-refractivity contribution in [2.75, 3.05) is 14.2 Å². The molecule has 1 aromatic heterocycles. The van der Waals surface area contributed by atoms with Gasteiger partial charge in [-0.05, 0) is 65.2 Å². The zero-order valence-electron chi connectivity index (χ0n) is 15.6. The number of aromatic amines is 1. The van der Waals surface area contributed by atoms with E-state index in [1.165, 1.54) is 0 Å². The summed E-state index contributed by atoms with van der Waals surface area (Å²) in [5.41, 5.74) is 2.07. The maximum atomic E-state index is 12.3. The third-order valence-electron chi connectivity index (χ3n) is 5.33. The number of benzene rings is 3. The Kier molecular flexibility index (Phi) is 4.11. The Hall–Kier alpha value is -3.27. The molecule has 1 N–H and O–H groups in total. The molecule has 0 radical (unpaired) electrons. The highest BCUT2D eigenvalue weighted by atomic mass is 16.5. The molecule has 0 aliphatic carbocycles. The summed E-state index contributed by atoms with van der Waals surface area (Å²) >= 11 is 0. The largest absolute Gasteiger partial charge is 0.497 e. The molecule has 4 heteroatoms. The summed E-state index contributed by atoms with van der Waals surface area (Å²) in [6.45, 7) is 1.95. The highest BCUT2D eigenvalue weighted by Gasteiger charge is 2.31. The van der Waals surface area contributed by atoms with Crippen LogP contribution in [0.5, 0.6) is 11.5 Å². The minimum absolute atomic E-state index is 0.766. The average molecular weight is 359 g/mol. The molecule has 0 fully saturated rings. The minimum atomic E-state index is -0.779. The molecule has 0 bridgehead atoms. The van der Waals surface area contributed by atoms with E-state index in [2.05, 4.69) is 11.1 Å². The van der Waals surface area contributed by atoms with Crippen LogP contribution in [0, 0.1) is 0 Å². The summed E-state index contributed by atoms with van der Waals surface area (Å²) in [6, 6.07) is 17.9. The second-order valence-corrected chi connectivity index (χ2v) is 6.86. The predicted molar refractivity (Wildman–Crippen MR) is 108 cm³/mol. The van der Waals surface area contributed by atoms with Crippen molar-refractivity contribution < 1.29 is 14.3 Å². The highest BCUT2D eigenvalue weighted by Crippen LogP contribution is 2.37. The fourth-order valence-electron chi connectivity index (χ4n) is 3.62. The van der Waals surface area contributed by atoms with Crippen molar-refractivity contribution >= 4 is 28.0 Å². The van der Waals surface area contributed by atoms with Gasteiger partial charge in [-0.15, -0.1) is 0 Å². The lowest BCUT2D eigenvalue weighted by Crippen LogP contribution is -2.25. The first kappa shape index (κ1) is 17.2. The van der Waals surface area contributed by atoms with E-state index in [4.69, 9.17) is 9.47 Å². The molecular weight excluding hydrogens is 338 g/mol. The predicted octanol–water partition coefficient (Wildman–Crippen LogP) is 4.84. The Morgan fingerprint density at radius 1 is 0.889 bits per heavy atom. The molecule has 136 valence electrons. The molecule has 4 nitrogen and oxygen atoms in total. The highest BCUT2D eigenvalue weighted by molar-refractivity contribution is 5.93. The molecule has 1 atom stereocenters. The minimum Gasteiger partial charge on any atom is -0.497 e. The fourth-order valence-corrected chi connectivity index (χ4v) is 3.62. The van der Waals surface area contributed by atoms with Crippen LogP contribution in [-0.4, -0.2) is 25.5 Å². The van der Waals surface area contributed by atoms with E-state index in [1.807, 2.05) is 61.7 Å². The van der Waals surface area contributed by atoms with Gasteiger partial charge in [-0.1, -0.05) is 18.2 Å². The number of carbonyl (C=O) groups excluding carboxylic acids is 1. The maximum absolute atomic E-state index is 12.3. The van der Waals surface area contributed by atoms with Crippen LogP contribution in [0.25, 0.3) is 21.7 Å². The summed E-state index contributed by atoms with van der Waals surface area (Å²) in [4.78, 5) is 15.6. The Bertz CT molecular complexity index is 1140. The number of aromatic nitrogens is 1. The Balaban J connectivity index is 1.89. The van der Waals surface area contributed by atoms with Crippen molar-refractivity contribution in [3.05, 3.63) is 71.9 Å². The van der Waals surface area contributed by atoms with Crippen molar-refractivity contribution in [2.45, 2.75) is 12.3 Å². The number of ether oxygens (including phenoxy) is 2. The number of methoxy groups -OCH3 is 2. The number of fused-ring (bicyclic) bond motifs is 2. The molecule has 4 aromatic rings. The van der Waals surface area contributed by atoms with Crippen LogP contribution in [0.15, 0.2) is 60.8 Å². The van der Waals surface area contributed by atoms with Gasteiger partial charge >= 0.3 is 0 Å². The number of hydrogen-bond acceptors (Lipinski definition) is 3. The van der Waals surface area contributed by atoms with Crippen molar-refractivity contribution in [1.82, 2.24) is 4.98 Å². The Morgan fingerprint density at radius 3 is 2.30 bits per heavy atom. The molecule has 3 aromatic carbocycles. The molecule has 0 aliphatic rings. The zero-order chi connectivity index (χ0) is 19.0. The van der Waals surface area contributed by atoms with Crippen LogP contribution in [0.2, 0.25) is 0 Å². The molecule has 0 saturated carbocycles. The third-order valence-corrected chi connectivity index (χ3v) is 5.33. The van der Waals surface area contributed by atoms with E-state index in [0.717, 1.165) is 50.6 Å². The van der Waals surface area contributed by atoms with E-state index in [-0.39, 0.29) is 0 Å². The fraction of sp³-hybridized carbons (Fsp3) is 0.174. The van der Waals surface area contributed by atoms with Crippen molar-refractivity contribution in [2.24, 2.45) is 0 Å². The first-order valence-corrected chi connectivity index (χ1v) is 8.79. The number of hydrogen-bond donors (Lipinski definition) is 1. The standard InChI is InChI=1S/C23H21NO3/c1-23(14-25,21-13-24-22-9-8-19(27-3)12-20(21)22)17-6-4-16-11-18(26-2)7-5-15(16)10-17/h4-14,24H,1-3H3/t23-/m0/s1. The monoisotopic (exact) mass is 359 g/mol. The number of nitrogens with one attached hydrogen (secondary N) is 1. The molecular formula is C23H21NO3. The van der Waals surface area contributed by atoms with Gasteiger partial charge in [0.25, 0.3) is 0 Å². The summed E-state index contributed by atoms with van der Waals surface area (Å²) in [5.74, 6) is 1.58. The summed E-state index contributed by atoms with van der Waals surface area (Å²) < 4.78 is 10.7. The van der Waals surface area contributed by atoms with E-state index in [0.29, 0.717) is 0 Å². The molecule has 4 rings (SSSR count). The van der Waals surface area contributed by atoms with E-state index in [9.17, 15) is 4.79 Å². The first-order chi connectivity index (χ1) is 13.1. The van der Waals surface area contributed by atoms with E-state index >= 15 is 0 Å². The van der Waals surface area contributed by atoms with Gasteiger partial charge in [0.2, 0.25) is 0 Å². The number of rotatable bonds is 5. The number of H-pyrrole nitrogens is 1. The van der Waals surface area contributed by atoms with Gasteiger partial charge in [-0.2, -0.15) is 0 Å². The summed E-state index contributed by atoms with van der Waals surface area (Å²) in [6.07, 6.45) is 2.93. The van der Waals surface area contributed by atoms with Gasteiger partial charge in [0.05, 0.1) is 19.6 Å². The third kappa shape index (κ3) is 2.74. The summed E-state index contributed by atoms with van der Waals surface area (Å²) in [5, 5.41) is 3.13. The summed E-state index contributed by atoms with van der Waals surface area (Å²) in [7, 11) is 3.30. The SMILES string of the molecule is COc1ccc2cc([C@](C)(C=O)c3c[nH]c4ccc(OC)cc34)ccc2c1. The van der Waals surface area contributed by atoms with Gasteiger partial charge in [-0.3, -0.25) is 0 Å². The smallest absolute Gasteiger partial charge is 0.134 e. The lowest BCUT2D eigenvalue weighted by molar-refractivity contribution is -0.110. The Morgan fingerprint density at radius 2 is 1.56 bits per heavy atom. The van der Waals surface area contributed by atoms with Gasteiger partial charge < -0.3 is 19.3 Å². The van der Waals surface area contributed by atoms with Crippen LogP contribution in [-0.2, 0) is 10.2 Å². The number of aldehydes is 1. The number of carbonyl (C=O) groups is 1. The second kappa shape index (κ2) is 6.47. The zero-order valence-corrected chi connectivity index (χ0v) is 15.6. The van der Waals surface area contributed by atoms with Crippen molar-refractivity contribution in [3.63, 3.8) is 0 Å². The average Bonchev–Trinajstić information content (AvgIpc) is 3.16. The van der Waals surface area contributed by atoms with Crippen LogP contribution in [0.4, 0.5) is 0 Å². The lowest BCUT2D eigenvalue weighted by atomic mass is 9.77. The second-order valence-electron chi connectivity index (χ2n) is 6.86. The first-order valence-electron chi connectivity index (χ1n) is 8.79. The Labute approximate surface area is 157 Å². The van der Waals surface area contributed by atoms with Crippen molar-refractivity contribution in [1.29, 1.82) is 0 Å². The van der Waals surface area contributed by atoms with Crippen LogP contribution >= 0.6 is 0 Å². The quantitative estimate of drug-likeness (QED) is 0.519. The van der Waals surface area contributed by atoms with Crippen molar-refractivity contribution in [3.8, 4) is 11.5 Å². The maximum Gasteiger partial charge on any atom is 0.134 e. The molecule has 1 heterocycles. The van der Waals surface area contributed by atoms with Crippen LogP contribution in [0.1, 0.15) is 18.1 Å². The molecule has 0 saturated heterocycles. The molecule has 27 heavy (non-hydrogen) atoms. The molecule has 0 spiro atoms. The molecule has 0 aliphatic heterocycles. The van der Waals surface area contributed by atoms with E-state index in [1.54, 1.807) is 14.2 Å². The van der Waals surface area contributed by atoms with Gasteiger partial charge in [0, 0.05) is 17.1 Å². The van der Waals surface area contributed by atoms with Crippen LogP contribution < -0.4 is 9.47 Å². The molecule has 0 unspecified atom stereocenters.